The average molecular weight is 554 g/mol. The van der Waals surface area contributed by atoms with E-state index in [1.165, 1.54) is 32.6 Å². The number of hydrogen-bond donors (Lipinski definition) is 2. The maximum Gasteiger partial charge on any atom is 0.251 e. The fraction of sp³-hybridized carbons (Fsp3) is 0.296. The number of aliphatic hydroxyl groups is 1. The predicted octanol–water partition coefficient (Wildman–Crippen LogP) is 4.16. The number of Topliss-reactive ketones (excluding diaryl/α,β-unsaturated/α-hetero) is 2. The van der Waals surface area contributed by atoms with Crippen LogP contribution >= 0.6 is 11.6 Å². The van der Waals surface area contributed by atoms with Crippen LogP contribution in [0.1, 0.15) is 29.6 Å². The quantitative estimate of drug-likeness (QED) is 0.407. The van der Waals surface area contributed by atoms with Crippen LogP contribution < -0.4 is 14.2 Å². The molecule has 2 atom stereocenters. The Kier molecular flexibility index (Phi) is 6.77. The first-order valence-electron chi connectivity index (χ1n) is 12.0. The number of hydrogen-bond acceptors (Lipinski definition) is 11. The van der Waals surface area contributed by atoms with E-state index < -0.39 is 28.8 Å². The Morgan fingerprint density at radius 1 is 1.18 bits per heavy atom. The van der Waals surface area contributed by atoms with Gasteiger partial charge in [-0.3, -0.25) is 14.6 Å². The van der Waals surface area contributed by atoms with Crippen molar-refractivity contribution in [2.75, 3.05) is 20.8 Å². The van der Waals surface area contributed by atoms with Crippen molar-refractivity contribution in [3.63, 3.8) is 0 Å². The average Bonchev–Trinajstić information content (AvgIpc) is 3.51. The van der Waals surface area contributed by atoms with Gasteiger partial charge in [0.1, 0.15) is 27.8 Å². The molecule has 5 rings (SSSR count). The lowest BCUT2D eigenvalue weighted by atomic mass is 9.73. The van der Waals surface area contributed by atoms with Gasteiger partial charge in [0.2, 0.25) is 17.3 Å². The van der Waals surface area contributed by atoms with Gasteiger partial charge in [-0.05, 0) is 12.1 Å². The molecule has 3 aromatic rings. The summed E-state index contributed by atoms with van der Waals surface area (Å²) >= 11 is 6.44. The predicted molar refractivity (Wildman–Crippen MR) is 139 cm³/mol. The summed E-state index contributed by atoms with van der Waals surface area (Å²) in [5.74, 6) is -1.38. The molecule has 11 nitrogen and oxygen atoms in total. The number of ketones is 2. The van der Waals surface area contributed by atoms with E-state index in [4.69, 9.17) is 30.2 Å². The van der Waals surface area contributed by atoms with Gasteiger partial charge in [-0.1, -0.05) is 30.7 Å². The number of aliphatic imine (C=N–C) groups is 1. The maximum atomic E-state index is 13.7. The molecule has 39 heavy (non-hydrogen) atoms. The summed E-state index contributed by atoms with van der Waals surface area (Å²) in [4.78, 5) is 30.9. The zero-order valence-electron chi connectivity index (χ0n) is 21.2. The summed E-state index contributed by atoms with van der Waals surface area (Å²) in [6, 6.07) is 8.03. The number of methoxy groups -OCH3 is 2. The second-order valence-electron chi connectivity index (χ2n) is 9.06. The number of benzene rings is 2. The van der Waals surface area contributed by atoms with E-state index in [0.717, 1.165) is 0 Å². The highest BCUT2D eigenvalue weighted by atomic mass is 35.5. The third kappa shape index (κ3) is 4.19. The Labute approximate surface area is 227 Å². The molecule has 1 spiro atoms. The molecule has 1 aliphatic heterocycles. The molecular weight excluding hydrogens is 530 g/mol. The van der Waals surface area contributed by atoms with Gasteiger partial charge < -0.3 is 28.8 Å². The number of phenolic OH excluding ortho intramolecular Hbond substituents is 1. The number of allylic oxidation sites excluding steroid dienone is 1. The van der Waals surface area contributed by atoms with E-state index in [1.807, 2.05) is 0 Å². The van der Waals surface area contributed by atoms with Crippen LogP contribution in [-0.2, 0) is 11.2 Å². The largest absolute Gasteiger partial charge is 0.507 e. The lowest BCUT2D eigenvalue weighted by molar-refractivity contribution is -0.118. The van der Waals surface area contributed by atoms with Crippen LogP contribution in [0.5, 0.6) is 23.0 Å². The molecule has 0 bridgehead atoms. The number of rotatable bonds is 7. The van der Waals surface area contributed by atoms with Gasteiger partial charge >= 0.3 is 0 Å². The van der Waals surface area contributed by atoms with E-state index in [1.54, 1.807) is 25.1 Å². The SMILES string of the molecule is COc1cc(OC)c2c(c1Cl)O[C@]1(C2=O)C(O)=C(C=NCCc2nnc(-c3ccccc3O)o2)C(=O)C[C@H]1C. The number of aromatic hydroxyl groups is 1. The Morgan fingerprint density at radius 2 is 1.92 bits per heavy atom. The van der Waals surface area contributed by atoms with E-state index >= 15 is 0 Å². The van der Waals surface area contributed by atoms with Gasteiger partial charge in [-0.25, -0.2) is 0 Å². The molecule has 2 N–H and O–H groups in total. The smallest absolute Gasteiger partial charge is 0.251 e. The van der Waals surface area contributed by atoms with Crippen molar-refractivity contribution in [1.82, 2.24) is 10.2 Å². The van der Waals surface area contributed by atoms with Crippen LogP contribution in [0.2, 0.25) is 5.02 Å². The second-order valence-corrected chi connectivity index (χ2v) is 9.44. The molecule has 0 saturated heterocycles. The fourth-order valence-corrected chi connectivity index (χ4v) is 5.01. The minimum absolute atomic E-state index is 0.00952. The summed E-state index contributed by atoms with van der Waals surface area (Å²) in [6.45, 7) is 1.78. The Bertz CT molecular complexity index is 1550. The lowest BCUT2D eigenvalue weighted by Gasteiger charge is -2.36. The van der Waals surface area contributed by atoms with E-state index in [2.05, 4.69) is 15.2 Å². The Morgan fingerprint density at radius 3 is 2.64 bits per heavy atom. The van der Waals surface area contributed by atoms with Gasteiger partial charge in [0.05, 0.1) is 25.4 Å². The Hall–Kier alpha value is -4.38. The van der Waals surface area contributed by atoms with Crippen molar-refractivity contribution < 1.29 is 38.4 Å². The molecule has 0 unspecified atom stereocenters. The number of carbonyl (C=O) groups is 2. The fourth-order valence-electron chi connectivity index (χ4n) is 4.75. The molecule has 0 amide bonds. The number of aliphatic hydroxyl groups excluding tert-OH is 1. The summed E-state index contributed by atoms with van der Waals surface area (Å²) in [6.07, 6.45) is 1.37. The highest BCUT2D eigenvalue weighted by molar-refractivity contribution is 6.35. The second kappa shape index (κ2) is 10.1. The number of para-hydroxylation sites is 1. The molecule has 0 saturated carbocycles. The zero-order chi connectivity index (χ0) is 27.9. The van der Waals surface area contributed by atoms with Crippen LogP contribution in [0.15, 0.2) is 51.1 Å². The van der Waals surface area contributed by atoms with Crippen molar-refractivity contribution in [1.29, 1.82) is 0 Å². The number of halogens is 1. The molecule has 2 heterocycles. The van der Waals surface area contributed by atoms with E-state index in [0.29, 0.717) is 5.56 Å². The van der Waals surface area contributed by atoms with Crippen molar-refractivity contribution in [3.8, 4) is 34.5 Å². The summed E-state index contributed by atoms with van der Waals surface area (Å²) in [7, 11) is 2.80. The first kappa shape index (κ1) is 26.2. The van der Waals surface area contributed by atoms with Gasteiger partial charge in [0, 0.05) is 37.6 Å². The normalized spacial score (nSPS) is 20.6. The topological polar surface area (TPSA) is 154 Å². The molecule has 2 aliphatic rings. The zero-order valence-corrected chi connectivity index (χ0v) is 22.0. The number of carbonyl (C=O) groups excluding carboxylic acids is 2. The van der Waals surface area contributed by atoms with Crippen LogP contribution in [0.4, 0.5) is 0 Å². The highest BCUT2D eigenvalue weighted by Crippen LogP contribution is 2.54. The molecule has 0 radical (unpaired) electrons. The molecule has 1 aromatic heterocycles. The van der Waals surface area contributed by atoms with Crippen molar-refractivity contribution >= 4 is 29.4 Å². The molecular formula is C27H24ClN3O8. The number of nitrogens with zero attached hydrogens (tertiary/aromatic N) is 3. The van der Waals surface area contributed by atoms with Gasteiger partial charge in [0.15, 0.2) is 17.3 Å². The summed E-state index contributed by atoms with van der Waals surface area (Å²) in [5.41, 5.74) is -1.56. The van der Waals surface area contributed by atoms with E-state index in [9.17, 15) is 19.8 Å². The van der Waals surface area contributed by atoms with Crippen LogP contribution in [0.25, 0.3) is 11.5 Å². The maximum absolute atomic E-state index is 13.7. The first-order chi connectivity index (χ1) is 18.7. The van der Waals surface area contributed by atoms with Crippen molar-refractivity contribution in [2.45, 2.75) is 25.4 Å². The minimum Gasteiger partial charge on any atom is -0.507 e. The van der Waals surface area contributed by atoms with Crippen molar-refractivity contribution in [3.05, 3.63) is 58.1 Å². The molecule has 12 heteroatoms. The highest BCUT2D eigenvalue weighted by Gasteiger charge is 2.60. The number of aromatic nitrogens is 2. The van der Waals surface area contributed by atoms with Crippen molar-refractivity contribution in [2.24, 2.45) is 10.9 Å². The third-order valence-electron chi connectivity index (χ3n) is 6.79. The molecule has 1 aliphatic carbocycles. The van der Waals surface area contributed by atoms with Gasteiger partial charge in [-0.15, -0.1) is 10.2 Å². The third-order valence-corrected chi connectivity index (χ3v) is 7.15. The first-order valence-corrected chi connectivity index (χ1v) is 12.4. The summed E-state index contributed by atoms with van der Waals surface area (Å²) in [5, 5.41) is 29.2. The molecule has 0 fully saturated rings. The number of phenols is 1. The molecule has 2 aromatic carbocycles. The van der Waals surface area contributed by atoms with Crippen LogP contribution in [0.3, 0.4) is 0 Å². The van der Waals surface area contributed by atoms with Gasteiger partial charge in [0.25, 0.3) is 5.89 Å². The van der Waals surface area contributed by atoms with Crippen LogP contribution in [-0.4, -0.2) is 64.6 Å². The standard InChI is InChI=1S/C27H24ClN3O8/c1-13-10-17(33)15(12-29-9-8-20-30-31-26(38-20)14-6-4-5-7-16(14)32)24(34)27(13)25(35)21-18(36-2)11-19(37-3)22(28)23(21)39-27/h4-7,11-13,32,34H,8-10H2,1-3H3/t13-,27+/m1/s1. The van der Waals surface area contributed by atoms with Crippen LogP contribution in [0, 0.1) is 5.92 Å². The van der Waals surface area contributed by atoms with Gasteiger partial charge in [-0.2, -0.15) is 0 Å². The number of ether oxygens (including phenoxy) is 3. The minimum atomic E-state index is -1.88. The summed E-state index contributed by atoms with van der Waals surface area (Å²) < 4.78 is 22.3. The number of fused-ring (bicyclic) bond motifs is 1. The lowest BCUT2D eigenvalue weighted by Crippen LogP contribution is -2.52. The Balaban J connectivity index is 1.41. The monoisotopic (exact) mass is 553 g/mol. The van der Waals surface area contributed by atoms with E-state index in [-0.39, 0.29) is 70.3 Å². The molecule has 202 valence electrons.